The number of carbonyl (C=O) groups excluding carboxylic acids is 1. The van der Waals surface area contributed by atoms with Gasteiger partial charge in [-0.15, -0.1) is 0 Å². The van der Waals surface area contributed by atoms with Gasteiger partial charge in [0.1, 0.15) is 0 Å². The number of halogens is 1. The van der Waals surface area contributed by atoms with Gasteiger partial charge < -0.3 is 15.5 Å². The van der Waals surface area contributed by atoms with Crippen LogP contribution in [-0.2, 0) is 22.0 Å². The van der Waals surface area contributed by atoms with E-state index in [4.69, 9.17) is 21.7 Å². The van der Waals surface area contributed by atoms with Crippen molar-refractivity contribution in [1.82, 2.24) is 9.78 Å². The summed E-state index contributed by atoms with van der Waals surface area (Å²) in [6.07, 6.45) is 6.39. The Hall–Kier alpha value is -2.34. The molecule has 2 N–H and O–H groups in total. The molecule has 0 atom stereocenters. The number of nitrogens with one attached hydrogen (secondary N) is 2. The summed E-state index contributed by atoms with van der Waals surface area (Å²) in [6.45, 7) is 0. The third-order valence-electron chi connectivity index (χ3n) is 5.24. The van der Waals surface area contributed by atoms with Crippen LogP contribution in [0.15, 0.2) is 24.5 Å². The first-order chi connectivity index (χ1) is 11.5. The van der Waals surface area contributed by atoms with Crippen LogP contribution in [0.3, 0.4) is 0 Å². The van der Waals surface area contributed by atoms with Crippen LogP contribution in [0.2, 0.25) is 5.02 Å². The van der Waals surface area contributed by atoms with Crippen molar-refractivity contribution >= 4 is 35.2 Å². The summed E-state index contributed by atoms with van der Waals surface area (Å²) in [5.74, 6) is -0.156. The molecule has 1 aromatic heterocycles. The first kappa shape index (κ1) is 15.2. The minimum atomic E-state index is -0.386. The number of nitrogens with zero attached hydrogens (tertiary/aromatic N) is 2. The molecule has 24 heavy (non-hydrogen) atoms. The first-order valence-corrected chi connectivity index (χ1v) is 8.02. The fraction of sp³-hybridized carbons (Fsp3) is 0.353. The van der Waals surface area contributed by atoms with E-state index in [1.165, 1.54) is 13.3 Å². The zero-order valence-corrected chi connectivity index (χ0v) is 14.1. The van der Waals surface area contributed by atoms with Gasteiger partial charge in [0.2, 0.25) is 0 Å². The molecule has 0 unspecified atom stereocenters. The van der Waals surface area contributed by atoms with Crippen LogP contribution in [-0.4, -0.2) is 29.1 Å². The Morgan fingerprint density at radius 1 is 1.50 bits per heavy atom. The highest BCUT2D eigenvalue weighted by molar-refractivity contribution is 6.32. The minimum absolute atomic E-state index is 0.156. The van der Waals surface area contributed by atoms with Crippen molar-refractivity contribution in [2.45, 2.75) is 18.3 Å². The lowest BCUT2D eigenvalue weighted by Gasteiger charge is -2.13. The summed E-state index contributed by atoms with van der Waals surface area (Å²) in [4.78, 5) is 12.0. The second-order valence-corrected chi connectivity index (χ2v) is 7.01. The summed E-state index contributed by atoms with van der Waals surface area (Å²) < 4.78 is 6.63. The molecule has 0 amide bonds. The number of hydrogen-bond acceptors (Lipinski definition) is 5. The van der Waals surface area contributed by atoms with Crippen LogP contribution >= 0.6 is 11.6 Å². The van der Waals surface area contributed by atoms with Gasteiger partial charge in [0.25, 0.3) is 0 Å². The van der Waals surface area contributed by atoms with Crippen molar-refractivity contribution in [1.29, 1.82) is 5.41 Å². The highest BCUT2D eigenvalue weighted by Gasteiger charge is 2.88. The molecular formula is C17H17ClN4O2. The molecule has 0 saturated heterocycles. The zero-order valence-electron chi connectivity index (χ0n) is 13.4. The summed E-state index contributed by atoms with van der Waals surface area (Å²) in [5.41, 5.74) is 2.67. The topological polar surface area (TPSA) is 80.0 Å². The highest BCUT2D eigenvalue weighted by Crippen LogP contribution is 2.86. The van der Waals surface area contributed by atoms with Crippen LogP contribution in [0, 0.1) is 10.8 Å². The Bertz CT molecular complexity index is 867. The molecule has 1 aromatic carbocycles. The fourth-order valence-corrected chi connectivity index (χ4v) is 4.05. The number of ether oxygens (including phenoxy) is 1. The number of benzene rings is 1. The van der Waals surface area contributed by atoms with Gasteiger partial charge in [-0.2, -0.15) is 5.10 Å². The Morgan fingerprint density at radius 2 is 2.25 bits per heavy atom. The van der Waals surface area contributed by atoms with E-state index in [0.29, 0.717) is 10.6 Å². The summed E-state index contributed by atoms with van der Waals surface area (Å²) >= 11 is 6.45. The lowest BCUT2D eigenvalue weighted by atomic mass is 10.00. The molecule has 2 fully saturated rings. The molecule has 2 aliphatic rings. The third kappa shape index (κ3) is 1.92. The number of carbonyl (C=O) groups is 1. The average molecular weight is 345 g/mol. The van der Waals surface area contributed by atoms with Crippen molar-refractivity contribution in [2.24, 2.45) is 12.5 Å². The molecule has 1 heterocycles. The van der Waals surface area contributed by atoms with Crippen molar-refractivity contribution in [3.8, 4) is 0 Å². The van der Waals surface area contributed by atoms with Crippen LogP contribution in [0.5, 0.6) is 0 Å². The van der Waals surface area contributed by atoms with E-state index in [1.807, 2.05) is 19.3 Å². The standard InChI is InChI=1S/C17H17ClN4O2/c1-22-7-11(6-20-22)21-14-4-12(13(18)3-10(14)5-19)16-8-17(16,9-16)15(23)24-2/h3-7,19,21H,8-9H2,1-2H3. The number of fused-ring (bicyclic) bond motifs is 1. The van der Waals surface area contributed by atoms with Gasteiger partial charge in [0, 0.05) is 41.1 Å². The number of anilines is 2. The van der Waals surface area contributed by atoms with Gasteiger partial charge in [-0.1, -0.05) is 11.6 Å². The molecule has 0 radical (unpaired) electrons. The van der Waals surface area contributed by atoms with Crippen molar-refractivity contribution in [3.05, 3.63) is 40.7 Å². The van der Waals surface area contributed by atoms with Gasteiger partial charge in [-0.25, -0.2) is 0 Å². The van der Waals surface area contributed by atoms with E-state index in [0.717, 1.165) is 29.8 Å². The molecule has 0 bridgehead atoms. The lowest BCUT2D eigenvalue weighted by molar-refractivity contribution is -0.144. The number of rotatable bonds is 5. The average Bonchev–Trinajstić information content (AvgIpc) is 3.34. The van der Waals surface area contributed by atoms with Crippen molar-refractivity contribution < 1.29 is 9.53 Å². The molecule has 4 rings (SSSR count). The number of esters is 1. The smallest absolute Gasteiger partial charge is 0.312 e. The van der Waals surface area contributed by atoms with Crippen LogP contribution in [0.25, 0.3) is 0 Å². The summed E-state index contributed by atoms with van der Waals surface area (Å²) in [7, 11) is 3.27. The van der Waals surface area contributed by atoms with Gasteiger partial charge in [0.05, 0.1) is 24.4 Å². The molecule has 7 heteroatoms. The predicted octanol–water partition coefficient (Wildman–Crippen LogP) is 3.02. The van der Waals surface area contributed by atoms with E-state index in [1.54, 1.807) is 16.9 Å². The largest absolute Gasteiger partial charge is 0.469 e. The monoisotopic (exact) mass is 344 g/mol. The molecule has 2 aliphatic carbocycles. The zero-order chi connectivity index (χ0) is 17.1. The fourth-order valence-electron chi connectivity index (χ4n) is 3.70. The first-order valence-electron chi connectivity index (χ1n) is 7.64. The minimum Gasteiger partial charge on any atom is -0.469 e. The molecular weight excluding hydrogens is 328 g/mol. The Morgan fingerprint density at radius 3 is 2.83 bits per heavy atom. The van der Waals surface area contributed by atoms with E-state index >= 15 is 0 Å². The molecule has 0 aliphatic heterocycles. The molecule has 0 spiro atoms. The van der Waals surface area contributed by atoms with Gasteiger partial charge in [0.15, 0.2) is 0 Å². The molecule has 2 aromatic rings. The summed E-state index contributed by atoms with van der Waals surface area (Å²) in [6, 6.07) is 3.73. The number of hydrogen-bond donors (Lipinski definition) is 2. The maximum absolute atomic E-state index is 12.0. The predicted molar refractivity (Wildman–Crippen MR) is 91.2 cm³/mol. The molecule has 2 saturated carbocycles. The van der Waals surface area contributed by atoms with Crippen LogP contribution < -0.4 is 5.32 Å². The van der Waals surface area contributed by atoms with Crippen molar-refractivity contribution in [2.75, 3.05) is 12.4 Å². The number of aryl methyl sites for hydroxylation is 1. The van der Waals surface area contributed by atoms with E-state index in [-0.39, 0.29) is 16.8 Å². The second kappa shape index (κ2) is 4.83. The third-order valence-corrected chi connectivity index (χ3v) is 5.56. The number of aromatic nitrogens is 2. The van der Waals surface area contributed by atoms with Gasteiger partial charge in [-0.05, 0) is 30.5 Å². The van der Waals surface area contributed by atoms with E-state index < -0.39 is 0 Å². The molecule has 124 valence electrons. The highest BCUT2D eigenvalue weighted by atomic mass is 35.5. The van der Waals surface area contributed by atoms with E-state index in [9.17, 15) is 4.79 Å². The number of methoxy groups -OCH3 is 1. The van der Waals surface area contributed by atoms with Gasteiger partial charge >= 0.3 is 5.97 Å². The molecule has 6 nitrogen and oxygen atoms in total. The normalized spacial score (nSPS) is 26.5. The lowest BCUT2D eigenvalue weighted by Crippen LogP contribution is -2.08. The maximum atomic E-state index is 12.0. The SMILES string of the molecule is COC(=O)C12CC1(c1cc(Nc3cnn(C)c3)c(C=N)cc1Cl)C2. The summed E-state index contributed by atoms with van der Waals surface area (Å²) in [5, 5.41) is 15.6. The van der Waals surface area contributed by atoms with Crippen LogP contribution in [0.1, 0.15) is 24.0 Å². The second-order valence-electron chi connectivity index (χ2n) is 6.60. The van der Waals surface area contributed by atoms with Crippen LogP contribution in [0.4, 0.5) is 11.4 Å². The van der Waals surface area contributed by atoms with Crippen molar-refractivity contribution in [3.63, 3.8) is 0 Å². The quantitative estimate of drug-likeness (QED) is 0.645. The Kier molecular flexibility index (Phi) is 3.06. The Labute approximate surface area is 144 Å². The maximum Gasteiger partial charge on any atom is 0.312 e. The Balaban J connectivity index is 1.71. The van der Waals surface area contributed by atoms with E-state index in [2.05, 4.69) is 10.4 Å². The van der Waals surface area contributed by atoms with Gasteiger partial charge in [-0.3, -0.25) is 9.48 Å².